The van der Waals surface area contributed by atoms with E-state index in [1.807, 2.05) is 29.2 Å². The van der Waals surface area contributed by atoms with Crippen LogP contribution in [0.3, 0.4) is 0 Å². The highest BCUT2D eigenvalue weighted by atomic mass is 35.5. The van der Waals surface area contributed by atoms with Gasteiger partial charge in [0.1, 0.15) is 5.75 Å². The summed E-state index contributed by atoms with van der Waals surface area (Å²) in [5.74, 6) is 0.836. The number of nitrogens with two attached hydrogens (primary N) is 1. The van der Waals surface area contributed by atoms with Crippen molar-refractivity contribution < 1.29 is 9.53 Å². The lowest BCUT2D eigenvalue weighted by atomic mass is 9.90. The molecule has 1 atom stereocenters. The Morgan fingerprint density at radius 3 is 2.86 bits per heavy atom. The second kappa shape index (κ2) is 7.66. The summed E-state index contributed by atoms with van der Waals surface area (Å²) < 4.78 is 5.58. The number of halogens is 1. The fraction of sp³-hybridized carbons (Fsp3) is 0.562. The van der Waals surface area contributed by atoms with Crippen LogP contribution in [0.1, 0.15) is 37.0 Å². The fourth-order valence-corrected chi connectivity index (χ4v) is 2.49. The molecule has 0 aromatic heterocycles. The van der Waals surface area contributed by atoms with Crippen LogP contribution in [-0.4, -0.2) is 37.0 Å². The predicted octanol–water partition coefficient (Wildman–Crippen LogP) is 2.71. The first-order valence-electron chi connectivity index (χ1n) is 7.30. The quantitative estimate of drug-likeness (QED) is 0.909. The van der Waals surface area contributed by atoms with E-state index in [1.54, 1.807) is 0 Å². The Kier molecular flexibility index (Phi) is 6.49. The maximum atomic E-state index is 12.5. The number of carbonyl (C=O) groups is 1. The summed E-state index contributed by atoms with van der Waals surface area (Å²) in [6.45, 7) is 7.02. The number of likely N-dealkylation sites (tertiary alicyclic amines) is 1. The number of ether oxygens (including phenoxy) is 1. The fourth-order valence-electron chi connectivity index (χ4n) is 2.49. The van der Waals surface area contributed by atoms with Crippen molar-refractivity contribution >= 4 is 18.3 Å². The predicted molar refractivity (Wildman–Crippen MR) is 87.2 cm³/mol. The molecule has 0 radical (unpaired) electrons. The molecule has 1 fully saturated rings. The van der Waals surface area contributed by atoms with Crippen LogP contribution in [0.2, 0.25) is 0 Å². The Hall–Kier alpha value is -1.26. The molecule has 2 rings (SSSR count). The SMILES string of the molecule is CCCOc1cccc(C(=O)N2CCC(C)(CN)C2)c1.Cl. The Morgan fingerprint density at radius 2 is 2.24 bits per heavy atom. The molecule has 118 valence electrons. The molecule has 0 saturated carbocycles. The van der Waals surface area contributed by atoms with Gasteiger partial charge in [0.05, 0.1) is 6.61 Å². The number of rotatable bonds is 5. The summed E-state index contributed by atoms with van der Waals surface area (Å²) in [6.07, 6.45) is 1.93. The van der Waals surface area contributed by atoms with Gasteiger partial charge in [0, 0.05) is 18.7 Å². The zero-order valence-corrected chi connectivity index (χ0v) is 13.6. The average Bonchev–Trinajstić information content (AvgIpc) is 2.88. The van der Waals surface area contributed by atoms with Gasteiger partial charge >= 0.3 is 0 Å². The minimum atomic E-state index is 0. The smallest absolute Gasteiger partial charge is 0.254 e. The second-order valence-electron chi connectivity index (χ2n) is 5.87. The first kappa shape index (κ1) is 17.8. The van der Waals surface area contributed by atoms with E-state index in [1.165, 1.54) is 0 Å². The molecule has 0 spiro atoms. The van der Waals surface area contributed by atoms with Gasteiger partial charge in [-0.2, -0.15) is 0 Å². The van der Waals surface area contributed by atoms with Gasteiger partial charge in [-0.15, -0.1) is 12.4 Å². The molecular weight excluding hydrogens is 288 g/mol. The van der Waals surface area contributed by atoms with Gasteiger partial charge in [-0.1, -0.05) is 19.9 Å². The van der Waals surface area contributed by atoms with Gasteiger partial charge in [-0.3, -0.25) is 4.79 Å². The van der Waals surface area contributed by atoms with Crippen LogP contribution in [0.5, 0.6) is 5.75 Å². The monoisotopic (exact) mass is 312 g/mol. The third-order valence-electron chi connectivity index (χ3n) is 3.89. The highest BCUT2D eigenvalue weighted by Gasteiger charge is 2.35. The van der Waals surface area contributed by atoms with Gasteiger partial charge in [0.2, 0.25) is 0 Å². The minimum Gasteiger partial charge on any atom is -0.494 e. The number of hydrogen-bond donors (Lipinski definition) is 1. The lowest BCUT2D eigenvalue weighted by Crippen LogP contribution is -2.34. The van der Waals surface area contributed by atoms with Crippen molar-refractivity contribution in [2.75, 3.05) is 26.2 Å². The summed E-state index contributed by atoms with van der Waals surface area (Å²) in [6, 6.07) is 7.44. The van der Waals surface area contributed by atoms with E-state index in [-0.39, 0.29) is 23.7 Å². The van der Waals surface area contributed by atoms with Crippen molar-refractivity contribution in [1.29, 1.82) is 0 Å². The van der Waals surface area contributed by atoms with E-state index >= 15 is 0 Å². The van der Waals surface area contributed by atoms with Crippen LogP contribution < -0.4 is 10.5 Å². The maximum absolute atomic E-state index is 12.5. The van der Waals surface area contributed by atoms with Crippen LogP contribution in [0.25, 0.3) is 0 Å². The molecule has 1 unspecified atom stereocenters. The molecule has 1 amide bonds. The Bertz CT molecular complexity index is 481. The van der Waals surface area contributed by atoms with E-state index < -0.39 is 0 Å². The Balaban J connectivity index is 0.00000220. The first-order valence-corrected chi connectivity index (χ1v) is 7.30. The molecule has 0 bridgehead atoms. The molecule has 1 aromatic carbocycles. The third kappa shape index (κ3) is 4.35. The van der Waals surface area contributed by atoms with E-state index in [0.717, 1.165) is 31.7 Å². The van der Waals surface area contributed by atoms with Crippen LogP contribution >= 0.6 is 12.4 Å². The lowest BCUT2D eigenvalue weighted by Gasteiger charge is -2.22. The van der Waals surface area contributed by atoms with Crippen LogP contribution in [0.4, 0.5) is 0 Å². The summed E-state index contributed by atoms with van der Waals surface area (Å²) in [7, 11) is 0. The zero-order valence-electron chi connectivity index (χ0n) is 12.8. The number of carbonyl (C=O) groups excluding carboxylic acids is 1. The molecule has 1 aliphatic rings. The second-order valence-corrected chi connectivity index (χ2v) is 5.87. The van der Waals surface area contributed by atoms with E-state index in [2.05, 4.69) is 13.8 Å². The molecule has 1 saturated heterocycles. The van der Waals surface area contributed by atoms with Gasteiger partial charge in [0.25, 0.3) is 5.91 Å². The van der Waals surface area contributed by atoms with Gasteiger partial charge in [0.15, 0.2) is 0 Å². The Labute approximate surface area is 133 Å². The average molecular weight is 313 g/mol. The highest BCUT2D eigenvalue weighted by Crippen LogP contribution is 2.29. The van der Waals surface area contributed by atoms with Gasteiger partial charge in [-0.05, 0) is 43.0 Å². The molecule has 1 aromatic rings. The largest absolute Gasteiger partial charge is 0.494 e. The summed E-state index contributed by atoms with van der Waals surface area (Å²) in [5.41, 5.74) is 6.55. The molecule has 0 aliphatic carbocycles. The number of nitrogens with zero attached hydrogens (tertiary/aromatic N) is 1. The topological polar surface area (TPSA) is 55.6 Å². The zero-order chi connectivity index (χ0) is 14.6. The molecule has 4 nitrogen and oxygen atoms in total. The summed E-state index contributed by atoms with van der Waals surface area (Å²) >= 11 is 0. The Morgan fingerprint density at radius 1 is 1.48 bits per heavy atom. The molecule has 1 aliphatic heterocycles. The normalized spacial score (nSPS) is 21.0. The van der Waals surface area contributed by atoms with Crippen molar-refractivity contribution in [3.63, 3.8) is 0 Å². The van der Waals surface area contributed by atoms with Crippen molar-refractivity contribution in [3.05, 3.63) is 29.8 Å². The van der Waals surface area contributed by atoms with Crippen molar-refractivity contribution in [2.24, 2.45) is 11.1 Å². The molecule has 5 heteroatoms. The standard InChI is InChI=1S/C16H24N2O2.ClH/c1-3-9-20-14-6-4-5-13(10-14)15(19)18-8-7-16(2,11-17)12-18;/h4-6,10H,3,7-9,11-12,17H2,1-2H3;1H. The molecule has 2 N–H and O–H groups in total. The number of benzene rings is 1. The van der Waals surface area contributed by atoms with Gasteiger partial charge in [-0.25, -0.2) is 0 Å². The minimum absolute atomic E-state index is 0. The lowest BCUT2D eigenvalue weighted by molar-refractivity contribution is 0.0776. The van der Waals surface area contributed by atoms with E-state index in [9.17, 15) is 4.79 Å². The molecule has 1 heterocycles. The van der Waals surface area contributed by atoms with Crippen LogP contribution in [-0.2, 0) is 0 Å². The third-order valence-corrected chi connectivity index (χ3v) is 3.89. The molecule has 21 heavy (non-hydrogen) atoms. The van der Waals surface area contributed by atoms with E-state index in [4.69, 9.17) is 10.5 Å². The van der Waals surface area contributed by atoms with Crippen LogP contribution in [0, 0.1) is 5.41 Å². The van der Waals surface area contributed by atoms with Crippen LogP contribution in [0.15, 0.2) is 24.3 Å². The first-order chi connectivity index (χ1) is 9.58. The van der Waals surface area contributed by atoms with Crippen molar-refractivity contribution in [1.82, 2.24) is 4.90 Å². The van der Waals surface area contributed by atoms with Crippen molar-refractivity contribution in [2.45, 2.75) is 26.7 Å². The number of hydrogen-bond acceptors (Lipinski definition) is 3. The summed E-state index contributed by atoms with van der Waals surface area (Å²) in [4.78, 5) is 14.4. The maximum Gasteiger partial charge on any atom is 0.254 e. The summed E-state index contributed by atoms with van der Waals surface area (Å²) in [5, 5.41) is 0. The molecular formula is C16H25ClN2O2. The van der Waals surface area contributed by atoms with Crippen molar-refractivity contribution in [3.8, 4) is 5.75 Å². The van der Waals surface area contributed by atoms with E-state index in [0.29, 0.717) is 18.7 Å². The number of amides is 1. The highest BCUT2D eigenvalue weighted by molar-refractivity contribution is 5.94. The van der Waals surface area contributed by atoms with Gasteiger partial charge < -0.3 is 15.4 Å².